The Labute approximate surface area is 192 Å². The minimum Gasteiger partial charge on any atom is -0.465 e. The first-order chi connectivity index (χ1) is 15.1. The van der Waals surface area contributed by atoms with Crippen LogP contribution >= 0.6 is 11.8 Å². The Kier molecular flexibility index (Phi) is 12.1. The van der Waals surface area contributed by atoms with E-state index in [4.69, 9.17) is 9.84 Å². The molecule has 1 aliphatic rings. The van der Waals surface area contributed by atoms with Crippen LogP contribution in [0.1, 0.15) is 46.1 Å². The largest absolute Gasteiger partial charge is 0.465 e. The molecule has 31 heavy (non-hydrogen) atoms. The molecule has 0 atom stereocenters. The van der Waals surface area contributed by atoms with Crippen LogP contribution in [0.4, 0.5) is 11.4 Å². The average molecular weight is 444 g/mol. The van der Waals surface area contributed by atoms with Crippen LogP contribution in [0.2, 0.25) is 0 Å². The first-order valence-corrected chi connectivity index (χ1v) is 11.9. The number of thioether (sulfide) groups is 1. The zero-order chi connectivity index (χ0) is 23.3. The Hall–Kier alpha value is -2.24. The normalized spacial score (nSPS) is 14.4. The summed E-state index contributed by atoms with van der Waals surface area (Å²) in [5.41, 5.74) is 3.79. The van der Waals surface area contributed by atoms with E-state index in [1.807, 2.05) is 25.6 Å². The second kappa shape index (κ2) is 13.9. The van der Waals surface area contributed by atoms with Gasteiger partial charge in [-0.25, -0.2) is 0 Å². The molecule has 2 aromatic carbocycles. The number of nitrogens with zero attached hydrogens (tertiary/aromatic N) is 1. The van der Waals surface area contributed by atoms with Gasteiger partial charge in [-0.05, 0) is 55.0 Å². The number of para-hydroxylation sites is 1. The lowest BCUT2D eigenvalue weighted by molar-refractivity contribution is -0.104. The summed E-state index contributed by atoms with van der Waals surface area (Å²) in [5.74, 6) is 1.89. The van der Waals surface area contributed by atoms with Crippen LogP contribution in [0.3, 0.4) is 0 Å². The van der Waals surface area contributed by atoms with Gasteiger partial charge in [0.05, 0.1) is 11.9 Å². The molecule has 1 heterocycles. The minimum atomic E-state index is 0.270. The molecule has 1 aliphatic heterocycles. The number of rotatable bonds is 6. The number of fused-ring (bicyclic) bond motifs is 1. The molecule has 0 fully saturated rings. The third-order valence-electron chi connectivity index (χ3n) is 5.49. The average Bonchev–Trinajstić information content (AvgIpc) is 3.00. The molecule has 3 rings (SSSR count). The molecule has 5 heteroatoms. The summed E-state index contributed by atoms with van der Waals surface area (Å²) < 4.78 is 5.69. The summed E-state index contributed by atoms with van der Waals surface area (Å²) >= 11 is 1.91. The van der Waals surface area contributed by atoms with Crippen LogP contribution in [0, 0.1) is 12.3 Å². The number of aldehydes is 1. The highest BCUT2D eigenvalue weighted by molar-refractivity contribution is 7.99. The maximum Gasteiger partial charge on any atom is 0.145 e. The summed E-state index contributed by atoms with van der Waals surface area (Å²) in [5, 5.41) is 7.00. The van der Waals surface area contributed by atoms with Crippen LogP contribution in [-0.4, -0.2) is 30.8 Å². The van der Waals surface area contributed by atoms with E-state index in [9.17, 15) is 4.79 Å². The van der Waals surface area contributed by atoms with Crippen molar-refractivity contribution in [2.24, 2.45) is 5.41 Å². The number of ether oxygens (including phenoxy) is 1. The number of aliphatic hydroxyl groups is 1. The molecule has 4 nitrogen and oxygen atoms in total. The lowest BCUT2D eigenvalue weighted by Gasteiger charge is -2.36. The van der Waals surface area contributed by atoms with Gasteiger partial charge in [0.2, 0.25) is 0 Å². The molecule has 0 saturated heterocycles. The van der Waals surface area contributed by atoms with Gasteiger partial charge in [0.1, 0.15) is 12.0 Å². The smallest absolute Gasteiger partial charge is 0.145 e. The van der Waals surface area contributed by atoms with Crippen LogP contribution in [-0.2, 0) is 4.79 Å². The van der Waals surface area contributed by atoms with Crippen LogP contribution in [0.15, 0.2) is 59.7 Å². The molecule has 0 aliphatic carbocycles. The molecule has 0 saturated carbocycles. The third-order valence-corrected chi connectivity index (χ3v) is 6.89. The van der Waals surface area contributed by atoms with Crippen LogP contribution < -0.4 is 9.64 Å². The maximum atomic E-state index is 10.5. The first kappa shape index (κ1) is 26.8. The van der Waals surface area contributed by atoms with Crippen molar-refractivity contribution in [2.45, 2.75) is 52.4 Å². The van der Waals surface area contributed by atoms with E-state index in [-0.39, 0.29) is 5.41 Å². The molecule has 0 unspecified atom stereocenters. The number of anilines is 2. The number of allylic oxidation sites excluding steroid dienone is 1. The number of benzene rings is 2. The van der Waals surface area contributed by atoms with E-state index >= 15 is 0 Å². The van der Waals surface area contributed by atoms with Gasteiger partial charge in [0, 0.05) is 36.1 Å². The van der Waals surface area contributed by atoms with Gasteiger partial charge in [0.25, 0.3) is 0 Å². The highest BCUT2D eigenvalue weighted by Crippen LogP contribution is 2.47. The first-order valence-electron chi connectivity index (χ1n) is 10.9. The number of carbonyl (C=O) groups is 1. The van der Waals surface area contributed by atoms with Gasteiger partial charge in [-0.3, -0.25) is 4.79 Å². The van der Waals surface area contributed by atoms with Gasteiger partial charge < -0.3 is 14.7 Å². The SMILES string of the molecule is CC.CCC1(CC)CSc2cc(O/C=C/C=O)c(C)cc2N(c2ccccc2)C1.CO. The zero-order valence-corrected chi connectivity index (χ0v) is 20.5. The van der Waals surface area contributed by atoms with Gasteiger partial charge in [0.15, 0.2) is 0 Å². The fraction of sp³-hybridized carbons (Fsp3) is 0.423. The van der Waals surface area contributed by atoms with Crippen molar-refractivity contribution < 1.29 is 14.6 Å². The van der Waals surface area contributed by atoms with Gasteiger partial charge >= 0.3 is 0 Å². The minimum absolute atomic E-state index is 0.270. The Morgan fingerprint density at radius 2 is 1.77 bits per heavy atom. The lowest BCUT2D eigenvalue weighted by Crippen LogP contribution is -2.35. The van der Waals surface area contributed by atoms with Crippen molar-refractivity contribution in [3.8, 4) is 5.75 Å². The van der Waals surface area contributed by atoms with E-state index in [1.54, 1.807) is 0 Å². The van der Waals surface area contributed by atoms with Crippen molar-refractivity contribution >= 4 is 29.4 Å². The molecule has 0 spiro atoms. The van der Waals surface area contributed by atoms with Crippen molar-refractivity contribution in [2.75, 3.05) is 24.3 Å². The van der Waals surface area contributed by atoms with Crippen LogP contribution in [0.5, 0.6) is 5.75 Å². The summed E-state index contributed by atoms with van der Waals surface area (Å²) in [4.78, 5) is 14.2. The fourth-order valence-electron chi connectivity index (χ4n) is 3.47. The van der Waals surface area contributed by atoms with Gasteiger partial charge in [-0.2, -0.15) is 0 Å². The van der Waals surface area contributed by atoms with Crippen molar-refractivity contribution in [3.05, 3.63) is 60.4 Å². The third kappa shape index (κ3) is 6.88. The number of aliphatic hydroxyl groups excluding tert-OH is 1. The lowest BCUT2D eigenvalue weighted by atomic mass is 9.83. The second-order valence-corrected chi connectivity index (χ2v) is 8.10. The molecule has 2 aromatic rings. The van der Waals surface area contributed by atoms with E-state index in [2.05, 4.69) is 68.1 Å². The Morgan fingerprint density at radius 3 is 2.35 bits per heavy atom. The predicted octanol–water partition coefficient (Wildman–Crippen LogP) is 6.77. The van der Waals surface area contributed by atoms with E-state index in [0.717, 1.165) is 49.8 Å². The topological polar surface area (TPSA) is 49.8 Å². The van der Waals surface area contributed by atoms with E-state index < -0.39 is 0 Å². The Bertz CT molecular complexity index is 817. The molecule has 0 radical (unpaired) electrons. The number of hydrogen-bond acceptors (Lipinski definition) is 5. The molecule has 0 aromatic heterocycles. The summed E-state index contributed by atoms with van der Waals surface area (Å²) in [6, 6.07) is 14.9. The summed E-state index contributed by atoms with van der Waals surface area (Å²) in [6.45, 7) is 11.7. The van der Waals surface area contributed by atoms with Crippen molar-refractivity contribution in [3.63, 3.8) is 0 Å². The standard InChI is InChI=1S/C23H27NO2S.C2H6.CH4O/c1-4-23(5-2)16-24(19-10-7-6-8-11-19)20-14-18(3)21(26-13-9-12-25)15-22(20)27-17-23;2*1-2/h6-15H,4-5,16-17H2,1-3H3;1-2H3;2H,1H3/b13-9+;;. The summed E-state index contributed by atoms with van der Waals surface area (Å²) in [6.07, 6.45) is 5.84. The van der Waals surface area contributed by atoms with Crippen molar-refractivity contribution in [1.82, 2.24) is 0 Å². The van der Waals surface area contributed by atoms with E-state index in [1.165, 1.54) is 28.6 Å². The fourth-order valence-corrected chi connectivity index (χ4v) is 4.93. The Balaban J connectivity index is 0.00000113. The van der Waals surface area contributed by atoms with Crippen molar-refractivity contribution in [1.29, 1.82) is 0 Å². The quantitative estimate of drug-likeness (QED) is 0.303. The van der Waals surface area contributed by atoms with E-state index in [0.29, 0.717) is 0 Å². The molecule has 1 N–H and O–H groups in total. The zero-order valence-electron chi connectivity index (χ0n) is 19.7. The predicted molar refractivity (Wildman–Crippen MR) is 134 cm³/mol. The second-order valence-electron chi connectivity index (χ2n) is 7.09. The molecule has 0 bridgehead atoms. The molecule has 170 valence electrons. The molecular formula is C26H37NO3S. The summed E-state index contributed by atoms with van der Waals surface area (Å²) in [7, 11) is 1.00. The highest BCUT2D eigenvalue weighted by atomic mass is 32.2. The highest BCUT2D eigenvalue weighted by Gasteiger charge is 2.34. The number of carbonyl (C=O) groups excluding carboxylic acids is 1. The van der Waals surface area contributed by atoms with Gasteiger partial charge in [-0.1, -0.05) is 45.9 Å². The molecular weight excluding hydrogens is 406 g/mol. The maximum absolute atomic E-state index is 10.5. The Morgan fingerprint density at radius 1 is 1.13 bits per heavy atom. The van der Waals surface area contributed by atoms with Crippen LogP contribution in [0.25, 0.3) is 0 Å². The van der Waals surface area contributed by atoms with Gasteiger partial charge in [-0.15, -0.1) is 11.8 Å². The number of hydrogen-bond donors (Lipinski definition) is 1. The monoisotopic (exact) mass is 443 g/mol. The number of aryl methyl sites for hydroxylation is 1. The molecule has 0 amide bonds.